The molecule has 0 radical (unpaired) electrons. The average molecular weight is 303 g/mol. The number of hydrogen-bond donors (Lipinski definition) is 1. The Kier molecular flexibility index (Phi) is 4.90. The highest BCUT2D eigenvalue weighted by atomic mass is 32.2. The van der Waals surface area contributed by atoms with Crippen molar-refractivity contribution in [1.29, 1.82) is 0 Å². The maximum absolute atomic E-state index is 11.4. The van der Waals surface area contributed by atoms with Gasteiger partial charge in [-0.1, -0.05) is 24.8 Å². The number of carboxylic acids is 1. The number of hydrogen-bond acceptors (Lipinski definition) is 5. The minimum Gasteiger partial charge on any atom is -0.478 e. The molecule has 2 aromatic rings. The van der Waals surface area contributed by atoms with Gasteiger partial charge >= 0.3 is 5.97 Å². The van der Waals surface area contributed by atoms with Crippen LogP contribution < -0.4 is 0 Å². The smallest absolute Gasteiger partial charge is 0.340 e. The lowest BCUT2D eigenvalue weighted by Crippen LogP contribution is -2.09. The molecule has 2 heterocycles. The second-order valence-corrected chi connectivity index (χ2v) is 5.58. The zero-order valence-corrected chi connectivity index (χ0v) is 13.1. The van der Waals surface area contributed by atoms with Crippen LogP contribution in [0.2, 0.25) is 0 Å². The first kappa shape index (κ1) is 15.4. The molecule has 0 fully saturated rings. The van der Waals surface area contributed by atoms with Gasteiger partial charge in [0.05, 0.1) is 11.4 Å². The van der Waals surface area contributed by atoms with Crippen LogP contribution in [0, 0.1) is 13.8 Å². The van der Waals surface area contributed by atoms with Crippen LogP contribution in [0.15, 0.2) is 23.4 Å². The zero-order chi connectivity index (χ0) is 15.4. The van der Waals surface area contributed by atoms with Crippen LogP contribution in [0.4, 0.5) is 0 Å². The van der Waals surface area contributed by atoms with Gasteiger partial charge in [-0.25, -0.2) is 14.8 Å². The first-order valence-corrected chi connectivity index (χ1v) is 7.65. The number of pyridine rings is 1. The van der Waals surface area contributed by atoms with Crippen molar-refractivity contribution in [2.45, 2.75) is 38.0 Å². The lowest BCUT2D eigenvalue weighted by Gasteiger charge is -2.10. The molecule has 0 bridgehead atoms. The summed E-state index contributed by atoms with van der Waals surface area (Å²) in [4.78, 5) is 24.3. The minimum absolute atomic E-state index is 0.186. The molecule has 5 nitrogen and oxygen atoms in total. The molecule has 110 valence electrons. The van der Waals surface area contributed by atoms with E-state index in [1.807, 2.05) is 26.0 Å². The van der Waals surface area contributed by atoms with Crippen LogP contribution in [0.5, 0.6) is 0 Å². The summed E-state index contributed by atoms with van der Waals surface area (Å²) < 4.78 is 0. The second kappa shape index (κ2) is 6.67. The Balaban J connectivity index is 2.32. The molecule has 0 aromatic carbocycles. The highest BCUT2D eigenvalue weighted by molar-refractivity contribution is 7.98. The van der Waals surface area contributed by atoms with Crippen molar-refractivity contribution >= 4 is 17.7 Å². The summed E-state index contributed by atoms with van der Waals surface area (Å²) in [7, 11) is 0. The SMILES string of the molecule is CCc1nc(C)c(C(=O)O)c(SCc2ncccc2C)n1. The third-order valence-corrected chi connectivity index (χ3v) is 4.08. The Hall–Kier alpha value is -1.95. The summed E-state index contributed by atoms with van der Waals surface area (Å²) in [5.74, 6) is 0.264. The van der Waals surface area contributed by atoms with Crippen LogP contribution in [-0.2, 0) is 12.2 Å². The first-order chi connectivity index (χ1) is 10.0. The van der Waals surface area contributed by atoms with Gasteiger partial charge in [0.1, 0.15) is 16.4 Å². The molecule has 0 aliphatic heterocycles. The predicted octanol–water partition coefficient (Wildman–Crippen LogP) is 3.04. The van der Waals surface area contributed by atoms with E-state index in [1.54, 1.807) is 13.1 Å². The number of aromatic carboxylic acids is 1. The van der Waals surface area contributed by atoms with Crippen LogP contribution >= 0.6 is 11.8 Å². The van der Waals surface area contributed by atoms with Gasteiger partial charge in [0.2, 0.25) is 0 Å². The molecule has 2 rings (SSSR count). The molecular formula is C15H17N3O2S. The largest absolute Gasteiger partial charge is 0.478 e. The van der Waals surface area contributed by atoms with E-state index in [-0.39, 0.29) is 5.56 Å². The highest BCUT2D eigenvalue weighted by Crippen LogP contribution is 2.26. The van der Waals surface area contributed by atoms with Crippen LogP contribution in [-0.4, -0.2) is 26.0 Å². The molecule has 2 aromatic heterocycles. The summed E-state index contributed by atoms with van der Waals surface area (Å²) in [6.07, 6.45) is 2.42. The fourth-order valence-electron chi connectivity index (χ4n) is 1.92. The lowest BCUT2D eigenvalue weighted by molar-refractivity contribution is 0.0690. The van der Waals surface area contributed by atoms with Gasteiger partial charge in [-0.15, -0.1) is 0 Å². The maximum atomic E-state index is 11.4. The Morgan fingerprint density at radius 2 is 2.10 bits per heavy atom. The Morgan fingerprint density at radius 3 is 2.71 bits per heavy atom. The number of nitrogens with zero attached hydrogens (tertiary/aromatic N) is 3. The molecule has 0 unspecified atom stereocenters. The number of aromatic nitrogens is 3. The monoisotopic (exact) mass is 303 g/mol. The quantitative estimate of drug-likeness (QED) is 0.676. The summed E-state index contributed by atoms with van der Waals surface area (Å²) in [5.41, 5.74) is 2.72. The van der Waals surface area contributed by atoms with Gasteiger partial charge in [-0.3, -0.25) is 4.98 Å². The van der Waals surface area contributed by atoms with Gasteiger partial charge in [0, 0.05) is 18.4 Å². The highest BCUT2D eigenvalue weighted by Gasteiger charge is 2.18. The summed E-state index contributed by atoms with van der Waals surface area (Å²) >= 11 is 1.39. The molecule has 0 saturated carbocycles. The topological polar surface area (TPSA) is 76.0 Å². The van der Waals surface area contributed by atoms with Crippen molar-refractivity contribution in [2.75, 3.05) is 0 Å². The van der Waals surface area contributed by atoms with E-state index in [0.29, 0.717) is 28.7 Å². The molecule has 21 heavy (non-hydrogen) atoms. The van der Waals surface area contributed by atoms with E-state index < -0.39 is 5.97 Å². The van der Waals surface area contributed by atoms with Gasteiger partial charge in [-0.05, 0) is 25.5 Å². The summed E-state index contributed by atoms with van der Waals surface area (Å²) in [6.45, 7) is 5.65. The van der Waals surface area contributed by atoms with Crippen molar-refractivity contribution in [3.63, 3.8) is 0 Å². The van der Waals surface area contributed by atoms with Crippen molar-refractivity contribution in [3.8, 4) is 0 Å². The zero-order valence-electron chi connectivity index (χ0n) is 12.3. The molecule has 6 heteroatoms. The Labute approximate surface area is 127 Å². The van der Waals surface area contributed by atoms with Gasteiger partial charge < -0.3 is 5.11 Å². The molecule has 0 amide bonds. The van der Waals surface area contributed by atoms with Crippen LogP contribution in [0.1, 0.15) is 40.1 Å². The van der Waals surface area contributed by atoms with E-state index in [9.17, 15) is 9.90 Å². The average Bonchev–Trinajstić information content (AvgIpc) is 2.45. The predicted molar refractivity (Wildman–Crippen MR) is 81.6 cm³/mol. The summed E-state index contributed by atoms with van der Waals surface area (Å²) in [5, 5.41) is 9.86. The first-order valence-electron chi connectivity index (χ1n) is 6.67. The molecule has 0 spiro atoms. The number of carboxylic acid groups (broad SMARTS) is 1. The Morgan fingerprint density at radius 1 is 1.33 bits per heavy atom. The fourth-order valence-corrected chi connectivity index (χ4v) is 3.04. The fraction of sp³-hybridized carbons (Fsp3) is 0.333. The van der Waals surface area contributed by atoms with E-state index in [0.717, 1.165) is 11.3 Å². The molecule has 1 N–H and O–H groups in total. The van der Waals surface area contributed by atoms with E-state index in [1.165, 1.54) is 11.8 Å². The van der Waals surface area contributed by atoms with Crippen molar-refractivity contribution in [2.24, 2.45) is 0 Å². The molecule has 0 aliphatic rings. The number of thioether (sulfide) groups is 1. The molecular weight excluding hydrogens is 286 g/mol. The lowest BCUT2D eigenvalue weighted by atomic mass is 10.2. The molecule has 0 aliphatic carbocycles. The number of rotatable bonds is 5. The summed E-state index contributed by atoms with van der Waals surface area (Å²) in [6, 6.07) is 3.87. The maximum Gasteiger partial charge on any atom is 0.340 e. The molecule has 0 saturated heterocycles. The van der Waals surface area contributed by atoms with Gasteiger partial charge in [0.15, 0.2) is 0 Å². The van der Waals surface area contributed by atoms with Crippen LogP contribution in [0.3, 0.4) is 0 Å². The minimum atomic E-state index is -0.990. The van der Waals surface area contributed by atoms with Crippen molar-refractivity contribution < 1.29 is 9.90 Å². The Bertz CT molecular complexity index is 674. The normalized spacial score (nSPS) is 10.6. The van der Waals surface area contributed by atoms with Gasteiger partial charge in [0.25, 0.3) is 0 Å². The number of carbonyl (C=O) groups is 1. The second-order valence-electron chi connectivity index (χ2n) is 4.62. The third kappa shape index (κ3) is 3.58. The van der Waals surface area contributed by atoms with Gasteiger partial charge in [-0.2, -0.15) is 0 Å². The van der Waals surface area contributed by atoms with E-state index in [2.05, 4.69) is 15.0 Å². The van der Waals surface area contributed by atoms with Crippen LogP contribution in [0.25, 0.3) is 0 Å². The molecule has 0 atom stereocenters. The standard InChI is InChI=1S/C15H17N3O2S/c1-4-12-17-10(3)13(15(19)20)14(18-12)21-8-11-9(2)6-5-7-16-11/h5-7H,4,8H2,1-3H3,(H,19,20). The van der Waals surface area contributed by atoms with E-state index >= 15 is 0 Å². The number of aryl methyl sites for hydroxylation is 3. The van der Waals surface area contributed by atoms with E-state index in [4.69, 9.17) is 0 Å². The third-order valence-electron chi connectivity index (χ3n) is 3.10. The van der Waals surface area contributed by atoms with Crippen molar-refractivity contribution in [1.82, 2.24) is 15.0 Å². The van der Waals surface area contributed by atoms with Crippen molar-refractivity contribution in [3.05, 3.63) is 46.7 Å².